The maximum absolute atomic E-state index is 15.5. The van der Waals surface area contributed by atoms with Gasteiger partial charge in [0.25, 0.3) is 0 Å². The molecule has 52 heavy (non-hydrogen) atoms. The van der Waals surface area contributed by atoms with Crippen LogP contribution >= 0.6 is 11.3 Å². The molecule has 17 heteroatoms. The van der Waals surface area contributed by atoms with Gasteiger partial charge in [-0.2, -0.15) is 0 Å². The smallest absolute Gasteiger partial charge is 0.325 e. The summed E-state index contributed by atoms with van der Waals surface area (Å²) < 4.78 is 34.6. The number of likely N-dealkylation sites (N-methyl/N-ethyl adjacent to an activating group) is 2. The van der Waals surface area contributed by atoms with Crippen LogP contribution in [0.1, 0.15) is 25.8 Å². The Morgan fingerprint density at radius 3 is 2.19 bits per heavy atom. The third-order valence-corrected chi connectivity index (χ3v) is 11.0. The van der Waals surface area contributed by atoms with Gasteiger partial charge >= 0.3 is 6.03 Å². The van der Waals surface area contributed by atoms with Gasteiger partial charge in [0.1, 0.15) is 17.2 Å². The molecule has 0 atom stereocenters. The van der Waals surface area contributed by atoms with Gasteiger partial charge in [-0.1, -0.05) is 11.3 Å². The second-order valence-corrected chi connectivity index (χ2v) is 14.7. The van der Waals surface area contributed by atoms with Gasteiger partial charge in [0, 0.05) is 77.3 Å². The number of piperazine rings is 2. The first-order chi connectivity index (χ1) is 25.1. The first-order valence-corrected chi connectivity index (χ1v) is 18.3. The van der Waals surface area contributed by atoms with Crippen molar-refractivity contribution in [3.8, 4) is 10.6 Å². The molecule has 1 aromatic carbocycles. The lowest BCUT2D eigenvalue weighted by Crippen LogP contribution is -2.45. The molecule has 2 N–H and O–H groups in total. The van der Waals surface area contributed by atoms with Crippen LogP contribution in [0.3, 0.4) is 0 Å². The number of anilines is 4. The molecule has 2 amide bonds. The van der Waals surface area contributed by atoms with Gasteiger partial charge in [0.2, 0.25) is 16.0 Å². The minimum absolute atomic E-state index is 0.000725. The number of rotatable bonds is 7. The van der Waals surface area contributed by atoms with Crippen molar-refractivity contribution in [2.75, 3.05) is 86.9 Å². The van der Waals surface area contributed by atoms with Crippen LogP contribution in [-0.4, -0.2) is 107 Å². The molecule has 1 aliphatic carbocycles. The van der Waals surface area contributed by atoms with Crippen molar-refractivity contribution in [2.45, 2.75) is 32.4 Å². The Balaban J connectivity index is 1.04. The van der Waals surface area contributed by atoms with Gasteiger partial charge in [0.15, 0.2) is 16.6 Å². The normalized spacial score (nSPS) is 17.3. The molecule has 8 rings (SSSR count). The molecule has 272 valence electrons. The van der Waals surface area contributed by atoms with Gasteiger partial charge in [-0.05, 0) is 52.1 Å². The van der Waals surface area contributed by atoms with E-state index in [0.717, 1.165) is 50.4 Å². The number of pyridine rings is 3. The maximum Gasteiger partial charge on any atom is 0.325 e. The van der Waals surface area contributed by atoms with Crippen LogP contribution in [0.5, 0.6) is 0 Å². The largest absolute Gasteiger partial charge is 0.367 e. The van der Waals surface area contributed by atoms with E-state index < -0.39 is 28.5 Å². The summed E-state index contributed by atoms with van der Waals surface area (Å²) in [4.78, 5) is 53.3. The van der Waals surface area contributed by atoms with Crippen LogP contribution in [0, 0.1) is 11.6 Å². The molecule has 14 nitrogen and oxygen atoms in total. The van der Waals surface area contributed by atoms with Crippen molar-refractivity contribution < 1.29 is 13.6 Å². The molecular formula is C35H39F2N11O3S. The maximum atomic E-state index is 15.5. The second-order valence-electron chi connectivity index (χ2n) is 13.7. The summed E-state index contributed by atoms with van der Waals surface area (Å²) >= 11 is 0.964. The van der Waals surface area contributed by atoms with E-state index >= 15 is 8.78 Å². The number of nitrogens with zero attached hydrogens (tertiary/aromatic N) is 9. The number of aromatic nitrogens is 5. The molecule has 6 heterocycles. The first kappa shape index (κ1) is 34.1. The molecule has 4 aromatic heterocycles. The number of aryl methyl sites for hydroxylation is 1. The third kappa shape index (κ3) is 6.36. The van der Waals surface area contributed by atoms with Gasteiger partial charge in [0.05, 0.1) is 27.5 Å². The van der Waals surface area contributed by atoms with Crippen LogP contribution < -0.4 is 31.3 Å². The topological polar surface area (TPSA) is 137 Å². The van der Waals surface area contributed by atoms with Crippen LogP contribution in [-0.2, 0) is 6.54 Å². The van der Waals surface area contributed by atoms with Gasteiger partial charge in [-0.15, -0.1) is 10.2 Å². The lowest BCUT2D eigenvalue weighted by molar-refractivity contribution is 0.262. The van der Waals surface area contributed by atoms with E-state index in [1.165, 1.54) is 12.1 Å². The molecule has 2 saturated heterocycles. The van der Waals surface area contributed by atoms with Gasteiger partial charge in [-0.25, -0.2) is 18.6 Å². The summed E-state index contributed by atoms with van der Waals surface area (Å²) in [6.07, 6.45) is 5.06. The average Bonchev–Trinajstić information content (AvgIpc) is 3.88. The molecule has 0 bridgehead atoms. The zero-order chi connectivity index (χ0) is 36.3. The van der Waals surface area contributed by atoms with E-state index in [0.29, 0.717) is 49.6 Å². The van der Waals surface area contributed by atoms with Crippen molar-refractivity contribution in [1.82, 2.24) is 34.1 Å². The summed E-state index contributed by atoms with van der Waals surface area (Å²) in [6.45, 7) is 8.17. The quantitative estimate of drug-likeness (QED) is 0.253. The Morgan fingerprint density at radius 2 is 1.52 bits per heavy atom. The predicted octanol–water partition coefficient (Wildman–Crippen LogP) is 4.01. The van der Waals surface area contributed by atoms with Crippen molar-refractivity contribution in [3.05, 3.63) is 62.7 Å². The fraction of sp³-hybridized carbons (Fsp3) is 0.429. The zero-order valence-corrected chi connectivity index (χ0v) is 30.0. The summed E-state index contributed by atoms with van der Waals surface area (Å²) in [7, 11) is 4.05. The zero-order valence-electron chi connectivity index (χ0n) is 29.2. The summed E-state index contributed by atoms with van der Waals surface area (Å²) in [5.41, 5.74) is 0.694. The number of urea groups is 1. The van der Waals surface area contributed by atoms with Gasteiger partial charge < -0.3 is 34.1 Å². The standard InChI is InChI=1S/C35H39F2N11O3S/c1-4-45-18-23(29(49)22-16-25(37)32(39-31(22)45)47-13-9-44(3)10-14-47)33-41-42-35(52-33)40-34(51)38-26-19-48(20-5-6-20)27-17-28(24(36)15-21(27)30(26)50)46-11-7-43(2)8-12-46/h15-20H,4-14H2,1-3H3,(H2,38,40,42,51). The first-order valence-electron chi connectivity index (χ1n) is 17.5. The Morgan fingerprint density at radius 1 is 0.846 bits per heavy atom. The van der Waals surface area contributed by atoms with Crippen LogP contribution in [0.25, 0.3) is 32.5 Å². The molecule has 3 aliphatic rings. The highest BCUT2D eigenvalue weighted by molar-refractivity contribution is 7.18. The SMILES string of the molecule is CCn1cc(-c2nnc(NC(=O)Nc3cn(C4CC4)c4cc(N5CCN(C)CC5)c(F)cc4c3=O)s2)c(=O)c2cc(F)c(N3CCN(C)CC3)nc21. The van der Waals surface area contributed by atoms with E-state index in [1.54, 1.807) is 23.0 Å². The monoisotopic (exact) mass is 731 g/mol. The van der Waals surface area contributed by atoms with Crippen LogP contribution in [0.15, 0.2) is 40.2 Å². The Kier molecular flexibility index (Phi) is 8.87. The molecule has 5 aromatic rings. The van der Waals surface area contributed by atoms with E-state index in [2.05, 4.69) is 35.6 Å². The predicted molar refractivity (Wildman–Crippen MR) is 199 cm³/mol. The fourth-order valence-electron chi connectivity index (χ4n) is 6.94. The Bertz CT molecular complexity index is 2320. The number of benzene rings is 1. The minimum Gasteiger partial charge on any atom is -0.367 e. The fourth-order valence-corrected chi connectivity index (χ4v) is 7.68. The van der Waals surface area contributed by atoms with Crippen molar-refractivity contribution in [3.63, 3.8) is 0 Å². The number of carbonyl (C=O) groups excluding carboxylic acids is 1. The number of carbonyl (C=O) groups is 1. The van der Waals surface area contributed by atoms with Crippen molar-refractivity contribution in [1.29, 1.82) is 0 Å². The van der Waals surface area contributed by atoms with E-state index in [9.17, 15) is 14.4 Å². The average molecular weight is 732 g/mol. The number of amides is 2. The highest BCUT2D eigenvalue weighted by Gasteiger charge is 2.28. The Hall–Kier alpha value is -5.00. The minimum atomic E-state index is -0.747. The van der Waals surface area contributed by atoms with E-state index in [4.69, 9.17) is 0 Å². The molecule has 0 radical (unpaired) electrons. The number of fused-ring (bicyclic) bond motifs is 2. The van der Waals surface area contributed by atoms with Crippen molar-refractivity contribution in [2.24, 2.45) is 0 Å². The lowest BCUT2D eigenvalue weighted by Gasteiger charge is -2.34. The van der Waals surface area contributed by atoms with E-state index in [-0.39, 0.29) is 44.0 Å². The molecule has 0 spiro atoms. The van der Waals surface area contributed by atoms with Crippen LogP contribution in [0.4, 0.5) is 35.9 Å². The lowest BCUT2D eigenvalue weighted by atomic mass is 10.1. The number of hydrogen-bond donors (Lipinski definition) is 2. The van der Waals surface area contributed by atoms with E-state index in [1.807, 2.05) is 35.4 Å². The molecule has 0 unspecified atom stereocenters. The molecule has 2 aliphatic heterocycles. The molecule has 1 saturated carbocycles. The molecular weight excluding hydrogens is 693 g/mol. The summed E-state index contributed by atoms with van der Waals surface area (Å²) in [6, 6.07) is 3.64. The third-order valence-electron chi connectivity index (χ3n) is 10.1. The summed E-state index contributed by atoms with van der Waals surface area (Å²) in [5.74, 6) is -0.832. The molecule has 3 fully saturated rings. The van der Waals surface area contributed by atoms with Crippen LogP contribution in [0.2, 0.25) is 0 Å². The Labute approximate surface area is 301 Å². The van der Waals surface area contributed by atoms with Crippen molar-refractivity contribution >= 4 is 61.6 Å². The number of nitrogens with one attached hydrogen (secondary N) is 2. The highest BCUT2D eigenvalue weighted by atomic mass is 32.1. The second kappa shape index (κ2) is 13.5. The highest BCUT2D eigenvalue weighted by Crippen LogP contribution is 2.39. The number of hydrogen-bond acceptors (Lipinski definition) is 11. The summed E-state index contributed by atoms with van der Waals surface area (Å²) in [5, 5.41) is 14.0. The van der Waals surface area contributed by atoms with Gasteiger partial charge in [-0.3, -0.25) is 14.9 Å². The number of halogens is 2.